The molecule has 1 unspecified atom stereocenters. The van der Waals surface area contributed by atoms with E-state index in [0.29, 0.717) is 0 Å². The maximum Gasteiger partial charge on any atom is 0.193 e. The first-order valence-electron chi connectivity index (χ1n) is 10.2. The van der Waals surface area contributed by atoms with E-state index in [9.17, 15) is 0 Å². The molecule has 3 fully saturated rings. The molecule has 2 aliphatic heterocycles. The molecule has 0 amide bonds. The smallest absolute Gasteiger partial charge is 0.193 e. The molecule has 1 aromatic carbocycles. The summed E-state index contributed by atoms with van der Waals surface area (Å²) in [6.07, 6.45) is 3.77. The number of ether oxygens (including phenoxy) is 1. The van der Waals surface area contributed by atoms with Crippen LogP contribution in [0.25, 0.3) is 0 Å². The second-order valence-electron chi connectivity index (χ2n) is 8.21. The zero-order valence-electron chi connectivity index (χ0n) is 16.7. The van der Waals surface area contributed by atoms with E-state index in [1.165, 1.54) is 35.8 Å². The molecule has 0 radical (unpaired) electrons. The average molecular weight is 563 g/mol. The lowest BCUT2D eigenvalue weighted by atomic mass is 9.96. The van der Waals surface area contributed by atoms with E-state index in [1.54, 1.807) is 0 Å². The molecule has 4 rings (SSSR count). The topological polar surface area (TPSA) is 40.1 Å². The van der Waals surface area contributed by atoms with Crippen molar-refractivity contribution in [3.63, 3.8) is 0 Å². The Morgan fingerprint density at radius 1 is 1.29 bits per heavy atom. The summed E-state index contributed by atoms with van der Waals surface area (Å²) < 4.78 is 6.64. The van der Waals surface area contributed by atoms with Crippen molar-refractivity contribution in [2.24, 2.45) is 10.9 Å². The van der Waals surface area contributed by atoms with Gasteiger partial charge in [0.05, 0.1) is 13.2 Å². The van der Waals surface area contributed by atoms with Crippen LogP contribution >= 0.6 is 39.9 Å². The third-order valence-electron chi connectivity index (χ3n) is 6.29. The van der Waals surface area contributed by atoms with E-state index in [0.717, 1.165) is 57.8 Å². The van der Waals surface area contributed by atoms with Crippen molar-refractivity contribution >= 4 is 45.9 Å². The second-order valence-corrected chi connectivity index (χ2v) is 9.12. The summed E-state index contributed by atoms with van der Waals surface area (Å²) in [5.74, 6) is 1.81. The number of aliphatic imine (C=N–C) groups is 1. The van der Waals surface area contributed by atoms with Crippen molar-refractivity contribution in [2.75, 3.05) is 59.5 Å². The fourth-order valence-corrected chi connectivity index (χ4v) is 4.84. The van der Waals surface area contributed by atoms with Gasteiger partial charge in [-0.15, -0.1) is 24.0 Å². The summed E-state index contributed by atoms with van der Waals surface area (Å²) in [7, 11) is 1.91. The predicted molar refractivity (Wildman–Crippen MR) is 129 cm³/mol. The normalized spacial score (nSPS) is 24.7. The van der Waals surface area contributed by atoms with Gasteiger partial charge in [-0.25, -0.2) is 0 Å². The van der Waals surface area contributed by atoms with Gasteiger partial charge in [0, 0.05) is 56.2 Å². The lowest BCUT2D eigenvalue weighted by Gasteiger charge is -2.29. The highest BCUT2D eigenvalue weighted by atomic mass is 127. The number of nitrogens with one attached hydrogen (secondary N) is 1. The molecule has 156 valence electrons. The van der Waals surface area contributed by atoms with Crippen LogP contribution in [0.5, 0.6) is 0 Å². The lowest BCUT2D eigenvalue weighted by molar-refractivity contribution is 0.0315. The van der Waals surface area contributed by atoms with Gasteiger partial charge in [-0.3, -0.25) is 9.89 Å². The molecule has 1 N–H and O–H groups in total. The number of benzene rings is 1. The minimum absolute atomic E-state index is 0. The molecule has 5 nitrogen and oxygen atoms in total. The van der Waals surface area contributed by atoms with Crippen molar-refractivity contribution in [1.82, 2.24) is 15.1 Å². The number of hydrogen-bond acceptors (Lipinski definition) is 3. The molecule has 7 heteroatoms. The number of morpholine rings is 1. The van der Waals surface area contributed by atoms with Crippen LogP contribution < -0.4 is 5.32 Å². The summed E-state index contributed by atoms with van der Waals surface area (Å²) in [4.78, 5) is 9.58. The molecule has 1 atom stereocenters. The van der Waals surface area contributed by atoms with Crippen molar-refractivity contribution in [2.45, 2.75) is 24.7 Å². The summed E-state index contributed by atoms with van der Waals surface area (Å²) in [5, 5.41) is 3.68. The number of guanidine groups is 1. The summed E-state index contributed by atoms with van der Waals surface area (Å²) in [5.41, 5.74) is 1.72. The maximum atomic E-state index is 5.47. The van der Waals surface area contributed by atoms with Crippen LogP contribution in [-0.4, -0.2) is 75.3 Å². The van der Waals surface area contributed by atoms with Crippen LogP contribution in [0.3, 0.4) is 0 Å². The van der Waals surface area contributed by atoms with Gasteiger partial charge in [0.2, 0.25) is 0 Å². The van der Waals surface area contributed by atoms with Gasteiger partial charge in [-0.1, -0.05) is 28.1 Å². The monoisotopic (exact) mass is 562 g/mol. The Morgan fingerprint density at radius 2 is 2.07 bits per heavy atom. The quantitative estimate of drug-likeness (QED) is 0.339. The molecule has 2 heterocycles. The molecule has 1 aromatic rings. The Labute approximate surface area is 194 Å². The highest BCUT2D eigenvalue weighted by Crippen LogP contribution is 2.48. The van der Waals surface area contributed by atoms with Gasteiger partial charge < -0.3 is 15.0 Å². The zero-order valence-corrected chi connectivity index (χ0v) is 20.6. The van der Waals surface area contributed by atoms with Gasteiger partial charge in [-0.05, 0) is 42.9 Å². The highest BCUT2D eigenvalue weighted by Gasteiger charge is 2.44. The molecule has 0 bridgehead atoms. The molecule has 2 saturated heterocycles. The molecule has 0 spiro atoms. The zero-order chi connectivity index (χ0) is 18.7. The third kappa shape index (κ3) is 5.40. The van der Waals surface area contributed by atoms with Crippen molar-refractivity contribution in [1.29, 1.82) is 0 Å². The first-order chi connectivity index (χ1) is 13.2. The van der Waals surface area contributed by atoms with Crippen molar-refractivity contribution in [3.8, 4) is 0 Å². The number of nitrogens with zero attached hydrogens (tertiary/aromatic N) is 3. The molecule has 28 heavy (non-hydrogen) atoms. The lowest BCUT2D eigenvalue weighted by Crippen LogP contribution is -2.44. The van der Waals surface area contributed by atoms with Crippen molar-refractivity contribution in [3.05, 3.63) is 34.3 Å². The second kappa shape index (κ2) is 10.1. The van der Waals surface area contributed by atoms with Gasteiger partial charge in [0.1, 0.15) is 0 Å². The molecule has 0 aromatic heterocycles. The van der Waals surface area contributed by atoms with Crippen LogP contribution in [0.4, 0.5) is 0 Å². The van der Waals surface area contributed by atoms with Gasteiger partial charge in [-0.2, -0.15) is 0 Å². The SMILES string of the molecule is CN=C(NCC1(c2cccc(Br)c2)CC1)N1CCC(CN2CCOCC2)C1.I. The van der Waals surface area contributed by atoms with Crippen LogP contribution in [-0.2, 0) is 10.2 Å². The molecule has 1 saturated carbocycles. The highest BCUT2D eigenvalue weighted by molar-refractivity contribution is 14.0. The molecule has 1 aliphatic carbocycles. The average Bonchev–Trinajstić information content (AvgIpc) is 3.35. The maximum absolute atomic E-state index is 5.47. The van der Waals surface area contributed by atoms with Gasteiger partial charge in [0.15, 0.2) is 5.96 Å². The van der Waals surface area contributed by atoms with E-state index in [4.69, 9.17) is 4.74 Å². The fourth-order valence-electron chi connectivity index (χ4n) is 4.44. The van der Waals surface area contributed by atoms with E-state index >= 15 is 0 Å². The van der Waals surface area contributed by atoms with Crippen LogP contribution in [0.2, 0.25) is 0 Å². The van der Waals surface area contributed by atoms with Crippen LogP contribution in [0.1, 0.15) is 24.8 Å². The Kier molecular flexibility index (Phi) is 8.04. The fraction of sp³-hybridized carbons (Fsp3) is 0.667. The Morgan fingerprint density at radius 3 is 2.75 bits per heavy atom. The molecular formula is C21H32BrIN4O. The molecule has 3 aliphatic rings. The van der Waals surface area contributed by atoms with Crippen LogP contribution in [0, 0.1) is 5.92 Å². The number of likely N-dealkylation sites (tertiary alicyclic amines) is 1. The Bertz CT molecular complexity index is 676. The standard InChI is InChI=1S/C21H31BrN4O.HI/c1-23-20(24-16-21(6-7-21)18-3-2-4-19(22)13-18)26-8-5-17(15-26)14-25-9-11-27-12-10-25;/h2-4,13,17H,5-12,14-16H2,1H3,(H,23,24);1H. The number of halogens is 2. The van der Waals surface area contributed by atoms with E-state index in [2.05, 4.69) is 60.3 Å². The number of hydrogen-bond donors (Lipinski definition) is 1. The van der Waals surface area contributed by atoms with Gasteiger partial charge in [0.25, 0.3) is 0 Å². The largest absolute Gasteiger partial charge is 0.379 e. The number of rotatable bonds is 5. The minimum atomic E-state index is 0. The van der Waals surface area contributed by atoms with Gasteiger partial charge >= 0.3 is 0 Å². The predicted octanol–water partition coefficient (Wildman–Crippen LogP) is 3.33. The minimum Gasteiger partial charge on any atom is -0.379 e. The Hall–Kier alpha value is -0.380. The van der Waals surface area contributed by atoms with E-state index in [1.807, 2.05) is 7.05 Å². The Balaban J connectivity index is 0.00000225. The van der Waals surface area contributed by atoms with Crippen LogP contribution in [0.15, 0.2) is 33.7 Å². The van der Waals surface area contributed by atoms with Crippen molar-refractivity contribution < 1.29 is 4.74 Å². The van der Waals surface area contributed by atoms with E-state index in [-0.39, 0.29) is 29.4 Å². The first kappa shape index (κ1) is 22.3. The third-order valence-corrected chi connectivity index (χ3v) is 6.79. The molecular weight excluding hydrogens is 531 g/mol. The summed E-state index contributed by atoms with van der Waals surface area (Å²) >= 11 is 3.61. The first-order valence-corrected chi connectivity index (χ1v) is 11.0. The van der Waals surface area contributed by atoms with E-state index < -0.39 is 0 Å². The summed E-state index contributed by atoms with van der Waals surface area (Å²) in [6, 6.07) is 8.78. The summed E-state index contributed by atoms with van der Waals surface area (Å²) in [6.45, 7) is 8.32.